The molecule has 0 aromatic carbocycles. The Morgan fingerprint density at radius 3 is 2.94 bits per heavy atom. The average Bonchev–Trinajstić information content (AvgIpc) is 2.81. The molecule has 2 rings (SSSR count). The summed E-state index contributed by atoms with van der Waals surface area (Å²) < 4.78 is 0. The molecule has 2 aliphatic heterocycles. The van der Waals surface area contributed by atoms with E-state index in [0.717, 1.165) is 0 Å². The predicted molar refractivity (Wildman–Crippen MR) is 60.8 cm³/mol. The number of likely N-dealkylation sites (tertiary alicyclic amines) is 1. The molecule has 2 saturated heterocycles. The van der Waals surface area contributed by atoms with Crippen LogP contribution in [0.3, 0.4) is 0 Å². The fraction of sp³-hybridized carbons (Fsp3) is 0.700. The minimum absolute atomic E-state index is 0.0372. The van der Waals surface area contributed by atoms with Gasteiger partial charge in [-0.25, -0.2) is 5.48 Å². The molecule has 0 bridgehead atoms. The molecule has 2 heterocycles. The highest BCUT2D eigenvalue weighted by atomic mass is 32.2. The van der Waals surface area contributed by atoms with Gasteiger partial charge in [0.2, 0.25) is 5.91 Å². The fourth-order valence-corrected chi connectivity index (χ4v) is 2.72. The second-order valence-corrected chi connectivity index (χ2v) is 5.41. The summed E-state index contributed by atoms with van der Waals surface area (Å²) in [5, 5.41) is 0.0536. The summed E-state index contributed by atoms with van der Waals surface area (Å²) in [6, 6.07) is -0.505. The van der Waals surface area contributed by atoms with Gasteiger partial charge in [-0.2, -0.15) is 0 Å². The van der Waals surface area contributed by atoms with Gasteiger partial charge < -0.3 is 4.90 Å². The number of nitrogens with one attached hydrogen (secondary N) is 1. The van der Waals surface area contributed by atoms with Crippen LogP contribution in [-0.2, 0) is 19.2 Å². The smallest absolute Gasteiger partial charge is 0.268 e. The van der Waals surface area contributed by atoms with E-state index in [1.807, 2.05) is 0 Å². The molecular formula is C10H14N2O4S. The van der Waals surface area contributed by atoms with E-state index in [1.165, 1.54) is 18.7 Å². The van der Waals surface area contributed by atoms with Crippen molar-refractivity contribution in [2.75, 3.05) is 18.9 Å². The largest absolute Gasteiger partial charge is 0.328 e. The lowest BCUT2D eigenvalue weighted by Gasteiger charge is -2.20. The number of hydrogen-bond donors (Lipinski definition) is 1. The molecule has 0 spiro atoms. The van der Waals surface area contributed by atoms with Gasteiger partial charge in [-0.05, 0) is 5.92 Å². The summed E-state index contributed by atoms with van der Waals surface area (Å²) in [6.45, 7) is 2.25. The van der Waals surface area contributed by atoms with E-state index in [1.54, 1.807) is 4.90 Å². The molecule has 0 aromatic rings. The lowest BCUT2D eigenvalue weighted by atomic mass is 10.1. The van der Waals surface area contributed by atoms with Crippen molar-refractivity contribution in [3.05, 3.63) is 0 Å². The molecule has 2 amide bonds. The van der Waals surface area contributed by atoms with Crippen molar-refractivity contribution >= 4 is 28.7 Å². The molecule has 1 N–H and O–H groups in total. The van der Waals surface area contributed by atoms with Crippen molar-refractivity contribution < 1.29 is 19.2 Å². The quantitative estimate of drug-likeness (QED) is 0.741. The summed E-state index contributed by atoms with van der Waals surface area (Å²) in [5.74, 6) is 0.472. The van der Waals surface area contributed by atoms with Crippen LogP contribution in [0.25, 0.3) is 0 Å². The van der Waals surface area contributed by atoms with E-state index in [-0.39, 0.29) is 29.5 Å². The number of carbonyl (C=O) groups is 3. The van der Waals surface area contributed by atoms with Crippen LogP contribution in [0.2, 0.25) is 0 Å². The standard InChI is InChI=1S/C10H14N2O4S/c1-6(13)17-5-7-2-9(14)12(3-7)8-4-16-11-10(8)15/h7-8H,2-5H2,1H3,(H,11,15). The van der Waals surface area contributed by atoms with E-state index >= 15 is 0 Å². The second kappa shape index (κ2) is 5.05. The number of carbonyl (C=O) groups excluding carboxylic acids is 3. The van der Waals surface area contributed by atoms with E-state index in [0.29, 0.717) is 18.7 Å². The zero-order valence-corrected chi connectivity index (χ0v) is 10.3. The van der Waals surface area contributed by atoms with Gasteiger partial charge >= 0.3 is 0 Å². The van der Waals surface area contributed by atoms with Crippen LogP contribution < -0.4 is 5.48 Å². The molecule has 7 heteroatoms. The highest BCUT2D eigenvalue weighted by molar-refractivity contribution is 8.13. The molecule has 2 atom stereocenters. The maximum atomic E-state index is 11.8. The first kappa shape index (κ1) is 12.4. The molecule has 2 aliphatic rings. The van der Waals surface area contributed by atoms with Gasteiger partial charge in [-0.15, -0.1) is 0 Å². The average molecular weight is 258 g/mol. The normalized spacial score (nSPS) is 28.6. The Morgan fingerprint density at radius 2 is 2.35 bits per heavy atom. The lowest BCUT2D eigenvalue weighted by Crippen LogP contribution is -2.43. The van der Waals surface area contributed by atoms with Crippen LogP contribution >= 0.6 is 11.8 Å². The van der Waals surface area contributed by atoms with Crippen LogP contribution in [0.15, 0.2) is 0 Å². The third-order valence-electron chi connectivity index (χ3n) is 2.85. The number of thioether (sulfide) groups is 1. The Bertz CT molecular complexity index is 360. The first-order chi connectivity index (χ1) is 8.08. The van der Waals surface area contributed by atoms with Crippen LogP contribution in [0, 0.1) is 5.92 Å². The molecule has 0 aliphatic carbocycles. The molecule has 0 saturated carbocycles. The van der Waals surface area contributed by atoms with Crippen molar-refractivity contribution in [3.63, 3.8) is 0 Å². The number of nitrogens with zero attached hydrogens (tertiary/aromatic N) is 1. The van der Waals surface area contributed by atoms with E-state index in [4.69, 9.17) is 4.84 Å². The minimum atomic E-state index is -0.505. The summed E-state index contributed by atoms with van der Waals surface area (Å²) in [5.41, 5.74) is 2.24. The van der Waals surface area contributed by atoms with Gasteiger partial charge in [-0.1, -0.05) is 11.8 Å². The fourth-order valence-electron chi connectivity index (χ4n) is 2.02. The number of hydrogen-bond acceptors (Lipinski definition) is 5. The molecule has 6 nitrogen and oxygen atoms in total. The van der Waals surface area contributed by atoms with E-state index in [2.05, 4.69) is 5.48 Å². The maximum Gasteiger partial charge on any atom is 0.268 e. The Labute approximate surface area is 103 Å². The third kappa shape index (κ3) is 2.78. The van der Waals surface area contributed by atoms with Crippen LogP contribution in [0.4, 0.5) is 0 Å². The third-order valence-corrected chi connectivity index (χ3v) is 3.90. The van der Waals surface area contributed by atoms with Crippen molar-refractivity contribution in [3.8, 4) is 0 Å². The van der Waals surface area contributed by atoms with Gasteiger partial charge in [0, 0.05) is 25.6 Å². The van der Waals surface area contributed by atoms with Crippen molar-refractivity contribution in [1.82, 2.24) is 10.4 Å². The molecule has 94 valence electrons. The Balaban J connectivity index is 1.91. The Morgan fingerprint density at radius 1 is 1.59 bits per heavy atom. The number of rotatable bonds is 3. The van der Waals surface area contributed by atoms with Gasteiger partial charge in [-0.3, -0.25) is 19.2 Å². The summed E-state index contributed by atoms with van der Waals surface area (Å²) in [7, 11) is 0. The summed E-state index contributed by atoms with van der Waals surface area (Å²) in [4.78, 5) is 40.4. The van der Waals surface area contributed by atoms with Crippen molar-refractivity contribution in [1.29, 1.82) is 0 Å². The lowest BCUT2D eigenvalue weighted by molar-refractivity contribution is -0.135. The molecule has 0 radical (unpaired) electrons. The predicted octanol–water partition coefficient (Wildman–Crippen LogP) is -0.455. The van der Waals surface area contributed by atoms with E-state index < -0.39 is 6.04 Å². The van der Waals surface area contributed by atoms with Crippen LogP contribution in [0.1, 0.15) is 13.3 Å². The number of hydroxylamine groups is 1. The Hall–Kier alpha value is -1.08. The first-order valence-corrected chi connectivity index (χ1v) is 6.41. The highest BCUT2D eigenvalue weighted by Crippen LogP contribution is 2.25. The van der Waals surface area contributed by atoms with E-state index in [9.17, 15) is 14.4 Å². The molecule has 0 aromatic heterocycles. The van der Waals surface area contributed by atoms with Crippen molar-refractivity contribution in [2.45, 2.75) is 19.4 Å². The maximum absolute atomic E-state index is 11.8. The van der Waals surface area contributed by atoms with Gasteiger partial charge in [0.1, 0.15) is 12.6 Å². The summed E-state index contributed by atoms with van der Waals surface area (Å²) in [6.07, 6.45) is 0.407. The minimum Gasteiger partial charge on any atom is -0.328 e. The molecule has 2 unspecified atom stereocenters. The zero-order chi connectivity index (χ0) is 12.4. The van der Waals surface area contributed by atoms with Crippen molar-refractivity contribution in [2.24, 2.45) is 5.92 Å². The topological polar surface area (TPSA) is 75.7 Å². The molecule has 2 fully saturated rings. The van der Waals surface area contributed by atoms with Crippen LogP contribution in [0.5, 0.6) is 0 Å². The zero-order valence-electron chi connectivity index (χ0n) is 9.47. The Kier molecular flexibility index (Phi) is 3.68. The van der Waals surface area contributed by atoms with Crippen LogP contribution in [-0.4, -0.2) is 46.8 Å². The first-order valence-electron chi connectivity index (χ1n) is 5.42. The number of amides is 2. The SMILES string of the molecule is CC(=O)SCC1CC(=O)N(C2CONC2=O)C1. The second-order valence-electron chi connectivity index (χ2n) is 4.21. The molecule has 17 heavy (non-hydrogen) atoms. The van der Waals surface area contributed by atoms with Gasteiger partial charge in [0.15, 0.2) is 5.12 Å². The van der Waals surface area contributed by atoms with Gasteiger partial charge in [0.05, 0.1) is 0 Å². The summed E-state index contributed by atoms with van der Waals surface area (Å²) >= 11 is 1.23. The van der Waals surface area contributed by atoms with Gasteiger partial charge in [0.25, 0.3) is 5.91 Å². The monoisotopic (exact) mass is 258 g/mol. The molecular weight excluding hydrogens is 244 g/mol. The highest BCUT2D eigenvalue weighted by Gasteiger charge is 2.40.